The molecule has 2 aliphatic rings. The van der Waals surface area contributed by atoms with Gasteiger partial charge in [-0.3, -0.25) is 0 Å². The minimum absolute atomic E-state index is 0.336. The molecule has 0 unspecified atom stereocenters. The monoisotopic (exact) mass is 497 g/mol. The summed E-state index contributed by atoms with van der Waals surface area (Å²) in [5, 5.41) is 0. The smallest absolute Gasteiger partial charge is 0.410 e. The molecule has 11 nitrogen and oxygen atoms in total. The van der Waals surface area contributed by atoms with E-state index in [1.54, 1.807) is 29.6 Å². The predicted molar refractivity (Wildman–Crippen MR) is 134 cm³/mol. The first-order valence-electron chi connectivity index (χ1n) is 12.2. The van der Waals surface area contributed by atoms with E-state index in [0.29, 0.717) is 51.0 Å². The molecule has 0 aromatic carbocycles. The van der Waals surface area contributed by atoms with E-state index in [9.17, 15) is 9.59 Å². The molecule has 1 saturated heterocycles. The van der Waals surface area contributed by atoms with E-state index >= 15 is 0 Å². The molecule has 0 radical (unpaired) electrons. The highest BCUT2D eigenvalue weighted by Gasteiger charge is 2.38. The quantitative estimate of drug-likeness (QED) is 0.586. The molecular weight excluding hydrogens is 462 g/mol. The van der Waals surface area contributed by atoms with Crippen LogP contribution in [-0.4, -0.2) is 80.3 Å². The molecule has 4 heterocycles. The van der Waals surface area contributed by atoms with E-state index < -0.39 is 17.2 Å². The molecule has 194 valence electrons. The number of nitrogens with zero attached hydrogens (tertiary/aromatic N) is 7. The summed E-state index contributed by atoms with van der Waals surface area (Å²) in [4.78, 5) is 49.3. The second-order valence-electron chi connectivity index (χ2n) is 11.0. The van der Waals surface area contributed by atoms with Gasteiger partial charge in [0.1, 0.15) is 17.2 Å². The van der Waals surface area contributed by atoms with Gasteiger partial charge in [-0.15, -0.1) is 0 Å². The Labute approximate surface area is 211 Å². The number of rotatable bonds is 3. The topological polar surface area (TPSA) is 114 Å². The fourth-order valence-corrected chi connectivity index (χ4v) is 4.16. The first-order chi connectivity index (χ1) is 16.9. The molecule has 2 aliphatic heterocycles. The maximum absolute atomic E-state index is 13.2. The van der Waals surface area contributed by atoms with E-state index in [0.717, 1.165) is 11.3 Å². The van der Waals surface area contributed by atoms with Crippen LogP contribution in [0.15, 0.2) is 24.7 Å². The Kier molecular flexibility index (Phi) is 7.01. The summed E-state index contributed by atoms with van der Waals surface area (Å²) in [7, 11) is 0. The zero-order chi connectivity index (χ0) is 26.1. The van der Waals surface area contributed by atoms with Gasteiger partial charge < -0.3 is 24.2 Å². The van der Waals surface area contributed by atoms with Gasteiger partial charge in [-0.2, -0.15) is 0 Å². The third-order valence-corrected chi connectivity index (χ3v) is 5.72. The van der Waals surface area contributed by atoms with Gasteiger partial charge in [0, 0.05) is 50.2 Å². The van der Waals surface area contributed by atoms with E-state index in [1.165, 1.54) is 0 Å². The van der Waals surface area contributed by atoms with Gasteiger partial charge >= 0.3 is 12.1 Å². The van der Waals surface area contributed by atoms with E-state index in [-0.39, 0.29) is 12.1 Å². The first-order valence-corrected chi connectivity index (χ1v) is 12.2. The van der Waals surface area contributed by atoms with Gasteiger partial charge in [0.15, 0.2) is 0 Å². The third-order valence-electron chi connectivity index (χ3n) is 5.72. The van der Waals surface area contributed by atoms with Gasteiger partial charge in [-0.05, 0) is 47.6 Å². The van der Waals surface area contributed by atoms with Gasteiger partial charge in [-0.1, -0.05) is 0 Å². The number of hydrogen-bond acceptors (Lipinski definition) is 10. The largest absolute Gasteiger partial charge is 0.458 e. The van der Waals surface area contributed by atoms with Crippen molar-refractivity contribution in [1.29, 1.82) is 0 Å². The fraction of sp³-hybridized carbons (Fsp3) is 0.600. The number of piperazine rings is 1. The molecule has 0 saturated carbocycles. The van der Waals surface area contributed by atoms with Gasteiger partial charge in [0.25, 0.3) is 0 Å². The second-order valence-corrected chi connectivity index (χ2v) is 11.0. The zero-order valence-corrected chi connectivity index (χ0v) is 21.9. The summed E-state index contributed by atoms with van der Waals surface area (Å²) in [5.74, 6) is 0.703. The molecule has 2 aromatic heterocycles. The number of amides is 1. The maximum atomic E-state index is 13.2. The summed E-state index contributed by atoms with van der Waals surface area (Å²) < 4.78 is 11.2. The molecule has 11 heteroatoms. The number of carbonyl (C=O) groups excluding carboxylic acids is 2. The molecule has 1 atom stereocenters. The van der Waals surface area contributed by atoms with Crippen molar-refractivity contribution in [3.8, 4) is 0 Å². The Morgan fingerprint density at radius 1 is 0.917 bits per heavy atom. The summed E-state index contributed by atoms with van der Waals surface area (Å²) >= 11 is 0. The van der Waals surface area contributed by atoms with Crippen LogP contribution in [0.2, 0.25) is 0 Å². The second kappa shape index (κ2) is 9.87. The molecule has 0 N–H and O–H groups in total. The highest BCUT2D eigenvalue weighted by molar-refractivity contribution is 5.81. The molecule has 1 amide bonds. The highest BCUT2D eigenvalue weighted by Crippen LogP contribution is 2.25. The van der Waals surface area contributed by atoms with Crippen molar-refractivity contribution in [3.63, 3.8) is 0 Å². The third kappa shape index (κ3) is 6.19. The zero-order valence-electron chi connectivity index (χ0n) is 21.9. The van der Waals surface area contributed by atoms with Crippen molar-refractivity contribution in [2.45, 2.75) is 71.8 Å². The Morgan fingerprint density at radius 3 is 2.28 bits per heavy atom. The molecule has 1 fully saturated rings. The van der Waals surface area contributed by atoms with E-state index in [4.69, 9.17) is 14.5 Å². The van der Waals surface area contributed by atoms with Crippen LogP contribution in [0.4, 0.5) is 16.7 Å². The van der Waals surface area contributed by atoms with Crippen LogP contribution in [-0.2, 0) is 27.2 Å². The number of hydrogen-bond donors (Lipinski definition) is 0. The highest BCUT2D eigenvalue weighted by atomic mass is 16.6. The predicted octanol–water partition coefficient (Wildman–Crippen LogP) is 2.60. The van der Waals surface area contributed by atoms with Gasteiger partial charge in [0.2, 0.25) is 11.9 Å². The minimum Gasteiger partial charge on any atom is -0.458 e. The Bertz CT molecular complexity index is 1100. The SMILES string of the molecule is CC(C)(C)OC(=O)[C@@H]1CN(c2ncc3c(n2)CCN(C(=O)OC(C)(C)C)C3)CCN1c1ncccn1. The van der Waals surface area contributed by atoms with Crippen molar-refractivity contribution >= 4 is 24.0 Å². The molecule has 36 heavy (non-hydrogen) atoms. The lowest BCUT2D eigenvalue weighted by atomic mass is 10.1. The minimum atomic E-state index is -0.620. The first kappa shape index (κ1) is 25.6. The standard InChI is InChI=1S/C25H35N7O4/c1-24(2,3)35-20(33)19-16-30(12-13-32(19)21-26-9-7-10-27-21)22-28-14-17-15-31(11-8-18(17)29-22)23(34)36-25(4,5)6/h7,9-10,14,19H,8,11-13,15-16H2,1-6H3/t19-/m0/s1. The lowest BCUT2D eigenvalue weighted by Crippen LogP contribution is -2.58. The van der Waals surface area contributed by atoms with Crippen LogP contribution < -0.4 is 9.80 Å². The maximum Gasteiger partial charge on any atom is 0.410 e. The molecule has 2 aromatic rings. The van der Waals surface area contributed by atoms with Crippen LogP contribution in [0.5, 0.6) is 0 Å². The number of fused-ring (bicyclic) bond motifs is 1. The van der Waals surface area contributed by atoms with Crippen LogP contribution in [0, 0.1) is 0 Å². The summed E-state index contributed by atoms with van der Waals surface area (Å²) in [5.41, 5.74) is 0.638. The average molecular weight is 498 g/mol. The van der Waals surface area contributed by atoms with Crippen molar-refractivity contribution in [2.75, 3.05) is 36.0 Å². The number of aromatic nitrogens is 4. The average Bonchev–Trinajstić information content (AvgIpc) is 2.81. The number of ether oxygens (including phenoxy) is 2. The number of carbonyl (C=O) groups is 2. The normalized spacial score (nSPS) is 18.5. The van der Waals surface area contributed by atoms with Crippen molar-refractivity contribution in [3.05, 3.63) is 35.9 Å². The number of anilines is 2. The molecule has 0 bridgehead atoms. The Hall–Kier alpha value is -3.50. The van der Waals surface area contributed by atoms with E-state index in [1.807, 2.05) is 51.3 Å². The van der Waals surface area contributed by atoms with Gasteiger partial charge in [-0.25, -0.2) is 29.5 Å². The molecular formula is C25H35N7O4. The molecule has 0 aliphatic carbocycles. The Balaban J connectivity index is 1.51. The number of esters is 1. The van der Waals surface area contributed by atoms with Crippen LogP contribution in [0.25, 0.3) is 0 Å². The summed E-state index contributed by atoms with van der Waals surface area (Å²) in [6.45, 7) is 13.5. The van der Waals surface area contributed by atoms with Gasteiger partial charge in [0.05, 0.1) is 18.8 Å². The summed E-state index contributed by atoms with van der Waals surface area (Å²) in [6, 6.07) is 1.13. The Morgan fingerprint density at radius 2 is 1.61 bits per heavy atom. The summed E-state index contributed by atoms with van der Waals surface area (Å²) in [6.07, 6.45) is 5.36. The van der Waals surface area contributed by atoms with Crippen molar-refractivity contribution in [1.82, 2.24) is 24.8 Å². The lowest BCUT2D eigenvalue weighted by Gasteiger charge is -2.41. The van der Waals surface area contributed by atoms with Crippen molar-refractivity contribution in [2.24, 2.45) is 0 Å². The van der Waals surface area contributed by atoms with Crippen LogP contribution in [0.3, 0.4) is 0 Å². The van der Waals surface area contributed by atoms with Crippen LogP contribution in [0.1, 0.15) is 52.8 Å². The van der Waals surface area contributed by atoms with E-state index in [2.05, 4.69) is 15.0 Å². The molecule has 0 spiro atoms. The van der Waals surface area contributed by atoms with Crippen molar-refractivity contribution < 1.29 is 19.1 Å². The fourth-order valence-electron chi connectivity index (χ4n) is 4.16. The lowest BCUT2D eigenvalue weighted by molar-refractivity contribution is -0.156. The molecule has 4 rings (SSSR count). The van der Waals surface area contributed by atoms with Crippen LogP contribution >= 0.6 is 0 Å².